The molecule has 0 aliphatic rings. The van der Waals surface area contributed by atoms with Crippen LogP contribution in [0.1, 0.15) is 32.6 Å². The molecule has 0 spiro atoms. The molecule has 1 aromatic rings. The number of hydrogen-bond acceptors (Lipinski definition) is 4. The van der Waals surface area contributed by atoms with E-state index in [-0.39, 0.29) is 0 Å². The first kappa shape index (κ1) is 14.6. The van der Waals surface area contributed by atoms with E-state index in [0.717, 1.165) is 43.7 Å². The third-order valence-electron chi connectivity index (χ3n) is 2.65. The molecule has 0 heterocycles. The second-order valence-corrected chi connectivity index (χ2v) is 4.29. The molecule has 0 saturated heterocycles. The van der Waals surface area contributed by atoms with E-state index in [1.54, 1.807) is 0 Å². The first-order valence-electron chi connectivity index (χ1n) is 6.64. The lowest BCUT2D eigenvalue weighted by atomic mass is 10.2. The molecule has 1 rings (SSSR count). The zero-order valence-electron chi connectivity index (χ0n) is 11.1. The van der Waals surface area contributed by atoms with Crippen LogP contribution in [0, 0.1) is 0 Å². The van der Waals surface area contributed by atoms with Crippen molar-refractivity contribution in [2.45, 2.75) is 32.6 Å². The topological polar surface area (TPSA) is 67.5 Å². The first-order chi connectivity index (χ1) is 8.76. The van der Waals surface area contributed by atoms with Gasteiger partial charge < -0.3 is 20.9 Å². The second kappa shape index (κ2) is 8.64. The van der Waals surface area contributed by atoms with Gasteiger partial charge in [0.1, 0.15) is 5.75 Å². The maximum Gasteiger partial charge on any atom is 0.123 e. The summed E-state index contributed by atoms with van der Waals surface area (Å²) in [6.07, 6.45) is 4.21. The predicted octanol–water partition coefficient (Wildman–Crippen LogP) is 2.63. The van der Waals surface area contributed by atoms with Crippen LogP contribution in [0.4, 0.5) is 11.4 Å². The van der Waals surface area contributed by atoms with Crippen molar-refractivity contribution in [1.82, 2.24) is 0 Å². The number of nitrogen functional groups attached to an aromatic ring is 1. The lowest BCUT2D eigenvalue weighted by Crippen LogP contribution is -2.03. The summed E-state index contributed by atoms with van der Waals surface area (Å²) in [6, 6.07) is 5.71. The Morgan fingerprint density at radius 3 is 2.67 bits per heavy atom. The van der Waals surface area contributed by atoms with Crippen molar-refractivity contribution >= 4 is 11.4 Å². The smallest absolute Gasteiger partial charge is 0.123 e. The molecular formula is C14H24N2O2. The van der Waals surface area contributed by atoms with E-state index < -0.39 is 0 Å². The van der Waals surface area contributed by atoms with Gasteiger partial charge in [0.05, 0.1) is 6.61 Å². The Morgan fingerprint density at radius 2 is 1.94 bits per heavy atom. The summed E-state index contributed by atoms with van der Waals surface area (Å²) in [4.78, 5) is 0. The van der Waals surface area contributed by atoms with Crippen LogP contribution < -0.4 is 15.8 Å². The molecular weight excluding hydrogens is 228 g/mol. The number of hydrogen-bond donors (Lipinski definition) is 3. The fraction of sp³-hybridized carbons (Fsp3) is 0.571. The van der Waals surface area contributed by atoms with Gasteiger partial charge in [0, 0.05) is 36.7 Å². The molecule has 4 N–H and O–H groups in total. The Hall–Kier alpha value is -1.42. The Kier molecular flexibility index (Phi) is 7.03. The zero-order valence-corrected chi connectivity index (χ0v) is 11.1. The van der Waals surface area contributed by atoms with Crippen LogP contribution in [-0.2, 0) is 0 Å². The number of aliphatic hydroxyl groups excluding tert-OH is 1. The van der Waals surface area contributed by atoms with Gasteiger partial charge in [-0.25, -0.2) is 0 Å². The maximum atomic E-state index is 8.67. The lowest BCUT2D eigenvalue weighted by Gasteiger charge is -2.10. The van der Waals surface area contributed by atoms with Gasteiger partial charge in [0.15, 0.2) is 0 Å². The van der Waals surface area contributed by atoms with Crippen LogP contribution in [0.5, 0.6) is 5.75 Å². The minimum absolute atomic E-state index is 0.292. The van der Waals surface area contributed by atoms with Gasteiger partial charge in [0.2, 0.25) is 0 Å². The number of benzene rings is 1. The average Bonchev–Trinajstić information content (AvgIpc) is 2.33. The van der Waals surface area contributed by atoms with E-state index in [0.29, 0.717) is 18.9 Å². The van der Waals surface area contributed by atoms with Crippen molar-refractivity contribution in [3.8, 4) is 5.75 Å². The molecule has 18 heavy (non-hydrogen) atoms. The standard InChI is InChI=1S/C14H24N2O2/c1-2-18-14-10-12(15)9-13(11-14)16-7-5-3-4-6-8-17/h9-11,16-17H,2-8,15H2,1H3. The highest BCUT2D eigenvalue weighted by Gasteiger charge is 1.99. The number of nitrogens with two attached hydrogens (primary N) is 1. The molecule has 4 heteroatoms. The molecule has 0 atom stereocenters. The molecule has 0 radical (unpaired) electrons. The minimum Gasteiger partial charge on any atom is -0.494 e. The molecule has 0 bridgehead atoms. The van der Waals surface area contributed by atoms with Gasteiger partial charge in [-0.2, -0.15) is 0 Å². The van der Waals surface area contributed by atoms with Gasteiger partial charge in [-0.3, -0.25) is 0 Å². The summed E-state index contributed by atoms with van der Waals surface area (Å²) in [7, 11) is 0. The molecule has 0 saturated carbocycles. The van der Waals surface area contributed by atoms with Crippen LogP contribution in [0.15, 0.2) is 18.2 Å². The van der Waals surface area contributed by atoms with E-state index >= 15 is 0 Å². The van der Waals surface area contributed by atoms with Gasteiger partial charge in [-0.15, -0.1) is 0 Å². The van der Waals surface area contributed by atoms with E-state index in [1.165, 1.54) is 0 Å². The Bertz CT molecular complexity index is 343. The van der Waals surface area contributed by atoms with Crippen LogP contribution in [0.25, 0.3) is 0 Å². The summed E-state index contributed by atoms with van der Waals surface area (Å²) < 4.78 is 5.44. The fourth-order valence-electron chi connectivity index (χ4n) is 1.80. The fourth-order valence-corrected chi connectivity index (χ4v) is 1.80. The van der Waals surface area contributed by atoms with Crippen molar-refractivity contribution in [3.05, 3.63) is 18.2 Å². The molecule has 0 fully saturated rings. The monoisotopic (exact) mass is 252 g/mol. The Labute approximate surface area is 109 Å². The van der Waals surface area contributed by atoms with Crippen molar-refractivity contribution in [2.75, 3.05) is 30.8 Å². The number of aliphatic hydroxyl groups is 1. The van der Waals surface area contributed by atoms with E-state index in [1.807, 2.05) is 25.1 Å². The number of unbranched alkanes of at least 4 members (excludes halogenated alkanes) is 3. The van der Waals surface area contributed by atoms with Gasteiger partial charge in [-0.05, 0) is 25.8 Å². The highest BCUT2D eigenvalue weighted by atomic mass is 16.5. The SMILES string of the molecule is CCOc1cc(N)cc(NCCCCCCO)c1. The number of nitrogens with one attached hydrogen (secondary N) is 1. The van der Waals surface area contributed by atoms with Gasteiger partial charge in [-0.1, -0.05) is 12.8 Å². The molecule has 4 nitrogen and oxygen atoms in total. The highest BCUT2D eigenvalue weighted by Crippen LogP contribution is 2.22. The zero-order chi connectivity index (χ0) is 13.2. The number of anilines is 2. The molecule has 0 unspecified atom stereocenters. The normalized spacial score (nSPS) is 10.3. The van der Waals surface area contributed by atoms with E-state index in [9.17, 15) is 0 Å². The van der Waals surface area contributed by atoms with Crippen LogP contribution in [0.2, 0.25) is 0 Å². The molecule has 0 aliphatic heterocycles. The first-order valence-corrected chi connectivity index (χ1v) is 6.64. The largest absolute Gasteiger partial charge is 0.494 e. The summed E-state index contributed by atoms with van der Waals surface area (Å²) >= 11 is 0. The Balaban J connectivity index is 2.32. The highest BCUT2D eigenvalue weighted by molar-refractivity contribution is 5.59. The maximum absolute atomic E-state index is 8.67. The quantitative estimate of drug-likeness (QED) is 0.467. The third-order valence-corrected chi connectivity index (χ3v) is 2.65. The third kappa shape index (κ3) is 5.77. The second-order valence-electron chi connectivity index (χ2n) is 4.29. The van der Waals surface area contributed by atoms with E-state index in [4.69, 9.17) is 15.6 Å². The van der Waals surface area contributed by atoms with E-state index in [2.05, 4.69) is 5.32 Å². The van der Waals surface area contributed by atoms with Crippen LogP contribution in [0.3, 0.4) is 0 Å². The number of rotatable bonds is 9. The summed E-state index contributed by atoms with van der Waals surface area (Å²) in [5, 5.41) is 12.0. The van der Waals surface area contributed by atoms with Gasteiger partial charge >= 0.3 is 0 Å². The number of ether oxygens (including phenoxy) is 1. The van der Waals surface area contributed by atoms with Crippen molar-refractivity contribution < 1.29 is 9.84 Å². The molecule has 102 valence electrons. The molecule has 0 aromatic heterocycles. The average molecular weight is 252 g/mol. The summed E-state index contributed by atoms with van der Waals surface area (Å²) in [5.74, 6) is 0.806. The van der Waals surface area contributed by atoms with Gasteiger partial charge in [0.25, 0.3) is 0 Å². The van der Waals surface area contributed by atoms with Crippen molar-refractivity contribution in [2.24, 2.45) is 0 Å². The molecule has 0 amide bonds. The van der Waals surface area contributed by atoms with Crippen LogP contribution in [-0.4, -0.2) is 24.9 Å². The van der Waals surface area contributed by atoms with Crippen molar-refractivity contribution in [1.29, 1.82) is 0 Å². The predicted molar refractivity (Wildman–Crippen MR) is 76.1 cm³/mol. The molecule has 0 aliphatic carbocycles. The van der Waals surface area contributed by atoms with Crippen molar-refractivity contribution in [3.63, 3.8) is 0 Å². The van der Waals surface area contributed by atoms with Crippen LogP contribution >= 0.6 is 0 Å². The summed E-state index contributed by atoms with van der Waals surface area (Å²) in [6.45, 7) is 3.81. The lowest BCUT2D eigenvalue weighted by molar-refractivity contribution is 0.283. The molecule has 1 aromatic carbocycles. The Morgan fingerprint density at radius 1 is 1.17 bits per heavy atom. The summed E-state index contributed by atoms with van der Waals surface area (Å²) in [5.41, 5.74) is 7.52. The minimum atomic E-state index is 0.292.